The SMILES string of the molecule is O=C(NC(C(=O)NC1CCNC(=O)C1=O)c1cc(F)cc(F)c1)OCc1ccccc1. The second-order valence-electron chi connectivity index (χ2n) is 6.81. The Kier molecular flexibility index (Phi) is 6.91. The standard InChI is InChI=1S/C21H19F2N3O5/c22-14-8-13(9-15(23)10-14)17(19(28)25-16-6-7-24-20(29)18(16)27)26-21(30)31-11-12-4-2-1-3-5-12/h1-5,8-10,16-17H,6-7,11H2,(H,24,29)(H,25,28)(H,26,30). The van der Waals surface area contributed by atoms with Crippen LogP contribution < -0.4 is 16.0 Å². The van der Waals surface area contributed by atoms with Crippen LogP contribution in [0.3, 0.4) is 0 Å². The summed E-state index contributed by atoms with van der Waals surface area (Å²) in [5.74, 6) is -4.54. The van der Waals surface area contributed by atoms with Crippen LogP contribution in [0.4, 0.5) is 13.6 Å². The molecule has 0 spiro atoms. The van der Waals surface area contributed by atoms with Gasteiger partial charge in [-0.2, -0.15) is 0 Å². The molecule has 3 N–H and O–H groups in total. The zero-order valence-corrected chi connectivity index (χ0v) is 16.2. The molecule has 1 aliphatic rings. The second-order valence-corrected chi connectivity index (χ2v) is 6.81. The highest BCUT2D eigenvalue weighted by molar-refractivity contribution is 6.39. The Balaban J connectivity index is 1.75. The number of hydrogen-bond acceptors (Lipinski definition) is 5. The van der Waals surface area contributed by atoms with Crippen LogP contribution >= 0.6 is 0 Å². The summed E-state index contributed by atoms with van der Waals surface area (Å²) in [6.07, 6.45) is -0.875. The zero-order chi connectivity index (χ0) is 22.4. The molecule has 3 amide bonds. The first-order valence-corrected chi connectivity index (χ1v) is 9.39. The van der Waals surface area contributed by atoms with Gasteiger partial charge in [-0.25, -0.2) is 13.6 Å². The van der Waals surface area contributed by atoms with Crippen molar-refractivity contribution in [3.05, 3.63) is 71.3 Å². The largest absolute Gasteiger partial charge is 0.445 e. The molecule has 0 bridgehead atoms. The highest BCUT2D eigenvalue weighted by atomic mass is 19.1. The number of hydrogen-bond donors (Lipinski definition) is 3. The number of carbonyl (C=O) groups excluding carboxylic acids is 4. The Morgan fingerprint density at radius 2 is 1.77 bits per heavy atom. The molecule has 31 heavy (non-hydrogen) atoms. The quantitative estimate of drug-likeness (QED) is 0.600. The van der Waals surface area contributed by atoms with E-state index < -0.39 is 47.4 Å². The lowest BCUT2D eigenvalue weighted by molar-refractivity contribution is -0.141. The van der Waals surface area contributed by atoms with Crippen LogP contribution in [0.1, 0.15) is 23.6 Å². The van der Waals surface area contributed by atoms with Crippen molar-refractivity contribution in [2.45, 2.75) is 25.1 Å². The molecule has 1 saturated heterocycles. The summed E-state index contributed by atoms with van der Waals surface area (Å²) in [5, 5.41) is 6.95. The molecule has 0 saturated carbocycles. The number of nitrogens with one attached hydrogen (secondary N) is 3. The van der Waals surface area contributed by atoms with Gasteiger partial charge in [0.25, 0.3) is 5.91 Å². The number of Topliss-reactive ketones (excluding diaryl/α,β-unsaturated/α-hetero) is 1. The van der Waals surface area contributed by atoms with Crippen molar-refractivity contribution in [3.63, 3.8) is 0 Å². The first-order valence-electron chi connectivity index (χ1n) is 9.39. The predicted octanol–water partition coefficient (Wildman–Crippen LogP) is 1.51. The number of alkyl carbamates (subject to hydrolysis) is 1. The maximum absolute atomic E-state index is 13.7. The average molecular weight is 431 g/mol. The van der Waals surface area contributed by atoms with Crippen LogP contribution in [0.25, 0.3) is 0 Å². The lowest BCUT2D eigenvalue weighted by Gasteiger charge is -2.25. The minimum absolute atomic E-state index is 0.0974. The Morgan fingerprint density at radius 3 is 2.45 bits per heavy atom. The summed E-state index contributed by atoms with van der Waals surface area (Å²) in [4.78, 5) is 48.5. The fourth-order valence-corrected chi connectivity index (χ4v) is 3.02. The zero-order valence-electron chi connectivity index (χ0n) is 16.2. The fourth-order valence-electron chi connectivity index (χ4n) is 3.02. The fraction of sp³-hybridized carbons (Fsp3) is 0.238. The number of amides is 3. The van der Waals surface area contributed by atoms with Crippen LogP contribution in [-0.4, -0.2) is 36.3 Å². The van der Waals surface area contributed by atoms with Gasteiger partial charge in [0.15, 0.2) is 0 Å². The monoisotopic (exact) mass is 431 g/mol. The molecular weight excluding hydrogens is 412 g/mol. The minimum atomic E-state index is -1.56. The molecule has 8 nitrogen and oxygen atoms in total. The first-order chi connectivity index (χ1) is 14.8. The van der Waals surface area contributed by atoms with Gasteiger partial charge in [0, 0.05) is 12.6 Å². The van der Waals surface area contributed by atoms with Crippen molar-refractivity contribution in [3.8, 4) is 0 Å². The lowest BCUT2D eigenvalue weighted by atomic mass is 10.0. The Morgan fingerprint density at radius 1 is 1.10 bits per heavy atom. The van der Waals surface area contributed by atoms with E-state index in [-0.39, 0.29) is 25.1 Å². The molecular formula is C21H19F2N3O5. The smallest absolute Gasteiger partial charge is 0.408 e. The third-order valence-corrected chi connectivity index (χ3v) is 4.53. The summed E-state index contributed by atoms with van der Waals surface area (Å²) >= 11 is 0. The number of ketones is 1. The summed E-state index contributed by atoms with van der Waals surface area (Å²) in [6.45, 7) is 0.0706. The van der Waals surface area contributed by atoms with Crippen molar-refractivity contribution >= 4 is 23.7 Å². The van der Waals surface area contributed by atoms with E-state index in [1.54, 1.807) is 30.3 Å². The van der Waals surface area contributed by atoms with E-state index in [0.717, 1.165) is 12.1 Å². The molecule has 0 radical (unpaired) electrons. The van der Waals surface area contributed by atoms with Gasteiger partial charge >= 0.3 is 6.09 Å². The predicted molar refractivity (Wildman–Crippen MR) is 103 cm³/mol. The van der Waals surface area contributed by atoms with E-state index in [0.29, 0.717) is 11.6 Å². The van der Waals surface area contributed by atoms with Gasteiger partial charge in [-0.05, 0) is 29.7 Å². The number of halogens is 2. The summed E-state index contributed by atoms with van der Waals surface area (Å²) in [6, 6.07) is 8.41. The molecule has 1 fully saturated rings. The van der Waals surface area contributed by atoms with Gasteiger partial charge in [0.1, 0.15) is 24.3 Å². The third-order valence-electron chi connectivity index (χ3n) is 4.53. The van der Waals surface area contributed by atoms with Gasteiger partial charge in [-0.3, -0.25) is 14.4 Å². The normalized spacial score (nSPS) is 16.8. The van der Waals surface area contributed by atoms with E-state index in [4.69, 9.17) is 4.74 Å². The molecule has 2 aromatic carbocycles. The Bertz CT molecular complexity index is 980. The molecule has 162 valence electrons. The molecule has 2 unspecified atom stereocenters. The number of benzene rings is 2. The Labute approximate surface area is 176 Å². The van der Waals surface area contributed by atoms with Gasteiger partial charge < -0.3 is 20.7 Å². The molecule has 3 rings (SSSR count). The molecule has 0 aromatic heterocycles. The molecule has 2 aromatic rings. The van der Waals surface area contributed by atoms with Crippen molar-refractivity contribution in [2.75, 3.05) is 6.54 Å². The Hall–Kier alpha value is -3.82. The first kappa shape index (κ1) is 21.9. The van der Waals surface area contributed by atoms with Crippen LogP contribution in [0.2, 0.25) is 0 Å². The number of ether oxygens (including phenoxy) is 1. The highest BCUT2D eigenvalue weighted by Gasteiger charge is 2.33. The molecule has 1 heterocycles. The van der Waals surface area contributed by atoms with Crippen LogP contribution in [-0.2, 0) is 25.7 Å². The lowest BCUT2D eigenvalue weighted by Crippen LogP contribution is -2.55. The summed E-state index contributed by atoms with van der Waals surface area (Å²) < 4.78 is 32.5. The van der Waals surface area contributed by atoms with E-state index >= 15 is 0 Å². The number of piperidine rings is 1. The minimum Gasteiger partial charge on any atom is -0.445 e. The summed E-state index contributed by atoms with van der Waals surface area (Å²) in [7, 11) is 0. The van der Waals surface area contributed by atoms with Crippen molar-refractivity contribution < 1.29 is 32.7 Å². The molecule has 0 aliphatic carbocycles. The van der Waals surface area contributed by atoms with Crippen LogP contribution in [0.15, 0.2) is 48.5 Å². The maximum atomic E-state index is 13.7. The second kappa shape index (κ2) is 9.79. The van der Waals surface area contributed by atoms with Crippen LogP contribution in [0.5, 0.6) is 0 Å². The van der Waals surface area contributed by atoms with E-state index in [9.17, 15) is 28.0 Å². The van der Waals surface area contributed by atoms with Gasteiger partial charge in [0.05, 0.1) is 6.04 Å². The molecule has 10 heteroatoms. The van der Waals surface area contributed by atoms with E-state index in [1.165, 1.54) is 0 Å². The van der Waals surface area contributed by atoms with Gasteiger partial charge in [-0.15, -0.1) is 0 Å². The van der Waals surface area contributed by atoms with Crippen molar-refractivity contribution in [1.82, 2.24) is 16.0 Å². The van der Waals surface area contributed by atoms with E-state index in [1.807, 2.05) is 0 Å². The van der Waals surface area contributed by atoms with Gasteiger partial charge in [0.2, 0.25) is 11.7 Å². The highest BCUT2D eigenvalue weighted by Crippen LogP contribution is 2.18. The molecule has 1 aliphatic heterocycles. The van der Waals surface area contributed by atoms with Crippen molar-refractivity contribution in [2.24, 2.45) is 0 Å². The third kappa shape index (κ3) is 5.84. The van der Waals surface area contributed by atoms with Gasteiger partial charge in [-0.1, -0.05) is 30.3 Å². The topological polar surface area (TPSA) is 114 Å². The number of rotatable bonds is 6. The average Bonchev–Trinajstić information content (AvgIpc) is 2.73. The van der Waals surface area contributed by atoms with Crippen LogP contribution in [0, 0.1) is 11.6 Å². The summed E-state index contributed by atoms with van der Waals surface area (Å²) in [5.41, 5.74) is 0.494. The maximum Gasteiger partial charge on any atom is 0.408 e. The van der Waals surface area contributed by atoms with Crippen molar-refractivity contribution in [1.29, 1.82) is 0 Å². The van der Waals surface area contributed by atoms with E-state index in [2.05, 4.69) is 16.0 Å². The molecule has 2 atom stereocenters. The number of carbonyl (C=O) groups is 4.